The number of ether oxygens (including phenoxy) is 1. The maximum absolute atomic E-state index is 12.7. The minimum Gasteiger partial charge on any atom is -0.380 e. The van der Waals surface area contributed by atoms with Crippen molar-refractivity contribution in [2.45, 2.75) is 53.7 Å². The lowest BCUT2D eigenvalue weighted by Crippen LogP contribution is -2.31. The molecule has 2 rings (SSSR count). The summed E-state index contributed by atoms with van der Waals surface area (Å²) < 4.78 is 29.1. The number of hydrogen-bond acceptors (Lipinski definition) is 5. The van der Waals surface area contributed by atoms with Crippen LogP contribution in [0.5, 0.6) is 0 Å². The maximum Gasteiger partial charge on any atom is 0.229 e. The van der Waals surface area contributed by atoms with Crippen LogP contribution in [0.3, 0.4) is 0 Å². The molecular formula is C20H33N3O4S. The van der Waals surface area contributed by atoms with E-state index < -0.39 is 15.4 Å². The number of primary sulfonamides is 1. The number of hydrogen-bond donors (Lipinski definition) is 2. The van der Waals surface area contributed by atoms with Crippen molar-refractivity contribution in [3.8, 4) is 0 Å². The summed E-state index contributed by atoms with van der Waals surface area (Å²) in [5.74, 6) is -0.352. The molecule has 0 unspecified atom stereocenters. The number of carbonyl (C=O) groups excluding carboxylic acids is 1. The summed E-state index contributed by atoms with van der Waals surface area (Å²) in [6.45, 7) is 14.1. The van der Waals surface area contributed by atoms with Gasteiger partial charge in [-0.25, -0.2) is 13.6 Å². The SMILES string of the molecule is CCOCCN1CCc2c(C)c(CS(N)(=O)=O)c(C)c(NC(=O)C(C)(C)C)c21. The number of anilines is 2. The van der Waals surface area contributed by atoms with Gasteiger partial charge in [-0.05, 0) is 49.4 Å². The first kappa shape index (κ1) is 22.6. The summed E-state index contributed by atoms with van der Waals surface area (Å²) in [5.41, 5.74) is 4.54. The Morgan fingerprint density at radius 3 is 2.43 bits per heavy atom. The van der Waals surface area contributed by atoms with Crippen molar-refractivity contribution < 1.29 is 17.9 Å². The van der Waals surface area contributed by atoms with Crippen molar-refractivity contribution in [2.24, 2.45) is 10.6 Å². The summed E-state index contributed by atoms with van der Waals surface area (Å²) >= 11 is 0. The fourth-order valence-electron chi connectivity index (χ4n) is 3.55. The minimum absolute atomic E-state index is 0.111. The summed E-state index contributed by atoms with van der Waals surface area (Å²) in [4.78, 5) is 14.9. The molecule has 0 spiro atoms. The smallest absolute Gasteiger partial charge is 0.229 e. The molecule has 28 heavy (non-hydrogen) atoms. The van der Waals surface area contributed by atoms with E-state index in [0.717, 1.165) is 35.3 Å². The average Bonchev–Trinajstić information content (AvgIpc) is 2.97. The van der Waals surface area contributed by atoms with E-state index in [-0.39, 0.29) is 11.7 Å². The Morgan fingerprint density at radius 1 is 1.25 bits per heavy atom. The van der Waals surface area contributed by atoms with Crippen LogP contribution in [0.25, 0.3) is 0 Å². The maximum atomic E-state index is 12.7. The Balaban J connectivity index is 2.59. The van der Waals surface area contributed by atoms with Crippen LogP contribution in [0.4, 0.5) is 11.4 Å². The minimum atomic E-state index is -3.69. The highest BCUT2D eigenvalue weighted by atomic mass is 32.2. The lowest BCUT2D eigenvalue weighted by Gasteiger charge is -2.28. The second-order valence-corrected chi connectivity index (χ2v) is 9.99. The van der Waals surface area contributed by atoms with Crippen LogP contribution < -0.4 is 15.4 Å². The molecule has 1 heterocycles. The number of nitrogens with two attached hydrogens (primary N) is 1. The van der Waals surface area contributed by atoms with Crippen LogP contribution in [0.1, 0.15) is 49.9 Å². The molecule has 0 saturated heterocycles. The molecular weight excluding hydrogens is 378 g/mol. The number of sulfonamides is 1. The zero-order chi connectivity index (χ0) is 21.3. The van der Waals surface area contributed by atoms with E-state index in [9.17, 15) is 13.2 Å². The van der Waals surface area contributed by atoms with E-state index in [4.69, 9.17) is 9.88 Å². The number of amides is 1. The van der Waals surface area contributed by atoms with Gasteiger partial charge in [-0.1, -0.05) is 20.8 Å². The first-order valence-corrected chi connectivity index (χ1v) is 11.4. The average molecular weight is 412 g/mol. The van der Waals surface area contributed by atoms with Gasteiger partial charge < -0.3 is 15.0 Å². The zero-order valence-corrected chi connectivity index (χ0v) is 18.6. The Labute approximate surface area is 168 Å². The van der Waals surface area contributed by atoms with E-state index in [1.807, 2.05) is 41.5 Å². The standard InChI is InChI=1S/C20H33N3O4S/c1-7-27-11-10-23-9-8-15-13(2)16(12-28(21,25)26)14(3)17(18(15)23)22-19(24)20(4,5)6/h7-12H2,1-6H3,(H,22,24)(H2,21,25,26). The third kappa shape index (κ3) is 5.04. The molecule has 1 aliphatic rings. The van der Waals surface area contributed by atoms with Crippen LogP contribution in [-0.2, 0) is 31.7 Å². The first-order valence-electron chi connectivity index (χ1n) is 9.66. The Kier molecular flexibility index (Phi) is 6.78. The highest BCUT2D eigenvalue weighted by molar-refractivity contribution is 7.88. The van der Waals surface area contributed by atoms with Gasteiger partial charge in [0.05, 0.1) is 23.7 Å². The predicted molar refractivity (Wildman–Crippen MR) is 113 cm³/mol. The van der Waals surface area contributed by atoms with Gasteiger partial charge in [-0.3, -0.25) is 4.79 Å². The van der Waals surface area contributed by atoms with Crippen molar-refractivity contribution in [2.75, 3.05) is 36.5 Å². The number of benzene rings is 1. The van der Waals surface area contributed by atoms with E-state index in [2.05, 4.69) is 10.2 Å². The second-order valence-electron chi connectivity index (χ2n) is 8.38. The molecule has 8 heteroatoms. The first-order chi connectivity index (χ1) is 12.9. The van der Waals surface area contributed by atoms with Crippen molar-refractivity contribution in [1.29, 1.82) is 0 Å². The lowest BCUT2D eigenvalue weighted by molar-refractivity contribution is -0.123. The number of nitrogens with one attached hydrogen (secondary N) is 1. The molecule has 7 nitrogen and oxygen atoms in total. The second kappa shape index (κ2) is 8.39. The molecule has 0 atom stereocenters. The van der Waals surface area contributed by atoms with Crippen molar-refractivity contribution in [3.63, 3.8) is 0 Å². The number of rotatable bonds is 7. The Hall–Kier alpha value is -1.64. The Morgan fingerprint density at radius 2 is 1.89 bits per heavy atom. The van der Waals surface area contributed by atoms with E-state index in [1.54, 1.807) is 0 Å². The molecule has 1 aliphatic heterocycles. The summed E-state index contributed by atoms with van der Waals surface area (Å²) in [5, 5.41) is 8.40. The molecule has 0 saturated carbocycles. The van der Waals surface area contributed by atoms with Crippen molar-refractivity contribution >= 4 is 27.3 Å². The van der Waals surface area contributed by atoms with E-state index in [0.29, 0.717) is 31.0 Å². The number of nitrogens with zero attached hydrogens (tertiary/aromatic N) is 1. The van der Waals surface area contributed by atoms with Crippen LogP contribution in [0.2, 0.25) is 0 Å². The van der Waals surface area contributed by atoms with Crippen molar-refractivity contribution in [1.82, 2.24) is 0 Å². The van der Waals surface area contributed by atoms with Crippen LogP contribution in [-0.4, -0.2) is 40.6 Å². The van der Waals surface area contributed by atoms with Gasteiger partial charge in [-0.2, -0.15) is 0 Å². The number of carbonyl (C=O) groups is 1. The quantitative estimate of drug-likeness (QED) is 0.671. The molecule has 1 aromatic rings. The molecule has 1 amide bonds. The molecule has 0 fully saturated rings. The van der Waals surface area contributed by atoms with E-state index >= 15 is 0 Å². The van der Waals surface area contributed by atoms with Crippen LogP contribution in [0, 0.1) is 19.3 Å². The van der Waals surface area contributed by atoms with Crippen LogP contribution >= 0.6 is 0 Å². The lowest BCUT2D eigenvalue weighted by atomic mass is 9.92. The fourth-order valence-corrected chi connectivity index (χ4v) is 4.38. The number of fused-ring (bicyclic) bond motifs is 1. The van der Waals surface area contributed by atoms with Gasteiger partial charge in [0, 0.05) is 25.1 Å². The third-order valence-corrected chi connectivity index (χ3v) is 5.87. The monoisotopic (exact) mass is 411 g/mol. The van der Waals surface area contributed by atoms with Crippen LogP contribution in [0.15, 0.2) is 0 Å². The van der Waals surface area contributed by atoms with Crippen molar-refractivity contribution in [3.05, 3.63) is 22.3 Å². The largest absolute Gasteiger partial charge is 0.380 e. The van der Waals surface area contributed by atoms with Gasteiger partial charge in [0.15, 0.2) is 0 Å². The van der Waals surface area contributed by atoms with Gasteiger partial charge in [-0.15, -0.1) is 0 Å². The Bertz CT molecular complexity index is 857. The molecule has 0 aliphatic carbocycles. The summed E-state index contributed by atoms with van der Waals surface area (Å²) in [7, 11) is -3.69. The van der Waals surface area contributed by atoms with E-state index in [1.165, 1.54) is 0 Å². The summed E-state index contributed by atoms with van der Waals surface area (Å²) in [6.07, 6.45) is 0.795. The third-order valence-electron chi connectivity index (χ3n) is 5.18. The fraction of sp³-hybridized carbons (Fsp3) is 0.650. The molecule has 3 N–H and O–H groups in total. The topological polar surface area (TPSA) is 102 Å². The molecule has 158 valence electrons. The highest BCUT2D eigenvalue weighted by Gasteiger charge is 2.31. The predicted octanol–water partition coefficient (Wildman–Crippen LogP) is 2.48. The van der Waals surface area contributed by atoms with Gasteiger partial charge >= 0.3 is 0 Å². The normalized spacial score (nSPS) is 14.3. The molecule has 0 aromatic heterocycles. The van der Waals surface area contributed by atoms with Gasteiger partial charge in [0.2, 0.25) is 15.9 Å². The molecule has 0 radical (unpaired) electrons. The zero-order valence-electron chi connectivity index (χ0n) is 17.8. The molecule has 1 aromatic carbocycles. The summed E-state index contributed by atoms with van der Waals surface area (Å²) in [6, 6.07) is 0. The molecule has 0 bridgehead atoms. The highest BCUT2D eigenvalue weighted by Crippen LogP contribution is 2.43. The van der Waals surface area contributed by atoms with Gasteiger partial charge in [0.25, 0.3) is 0 Å². The van der Waals surface area contributed by atoms with Gasteiger partial charge in [0.1, 0.15) is 0 Å².